The first-order chi connectivity index (χ1) is 13.4. The average Bonchev–Trinajstić information content (AvgIpc) is 2.70. The Hall–Kier alpha value is -2.54. The molecule has 0 atom stereocenters. The summed E-state index contributed by atoms with van der Waals surface area (Å²) < 4.78 is 32.4. The van der Waals surface area contributed by atoms with Crippen LogP contribution in [0.3, 0.4) is 0 Å². The molecule has 0 unspecified atom stereocenters. The molecule has 0 aliphatic rings. The molecule has 0 fully saturated rings. The third-order valence-electron chi connectivity index (χ3n) is 3.74. The summed E-state index contributed by atoms with van der Waals surface area (Å²) in [6.45, 7) is -0.541. The Morgan fingerprint density at radius 2 is 1.50 bits per heavy atom. The van der Waals surface area contributed by atoms with E-state index in [-0.39, 0.29) is 21.4 Å². The fraction of sp³-hybridized carbons (Fsp3) is 0.0500. The van der Waals surface area contributed by atoms with Gasteiger partial charge in [0.2, 0.25) is 0 Å². The fourth-order valence-corrected chi connectivity index (χ4v) is 4.23. The third-order valence-corrected chi connectivity index (χ3v) is 6.05. The molecule has 28 heavy (non-hydrogen) atoms. The minimum Gasteiger partial charge on any atom is -0.482 e. The Bertz CT molecular complexity index is 1070. The molecule has 0 aliphatic carbocycles. The molecule has 0 bridgehead atoms. The molecule has 0 radical (unpaired) electrons. The topological polar surface area (TPSA) is 63.7 Å². The molecule has 1 amide bonds. The molecule has 0 N–H and O–H groups in total. The van der Waals surface area contributed by atoms with Crippen LogP contribution >= 0.6 is 23.2 Å². The van der Waals surface area contributed by atoms with Crippen molar-refractivity contribution in [3.05, 3.63) is 88.9 Å². The van der Waals surface area contributed by atoms with Crippen molar-refractivity contribution in [2.24, 2.45) is 0 Å². The van der Waals surface area contributed by atoms with E-state index in [4.69, 9.17) is 27.9 Å². The standard InChI is InChI=1S/C20H15Cl2NO4S/c21-15-11-12-18(22)19(13-15)27-14-20(24)23(16-7-3-1-4-8-16)28(25,26)17-9-5-2-6-10-17/h1-13H,14H2. The Labute approximate surface area is 173 Å². The molecule has 0 heterocycles. The molecule has 0 aliphatic heterocycles. The third kappa shape index (κ3) is 4.47. The van der Waals surface area contributed by atoms with Gasteiger partial charge in [0.05, 0.1) is 15.6 Å². The lowest BCUT2D eigenvalue weighted by Gasteiger charge is -2.23. The predicted octanol–water partition coefficient (Wildman–Crippen LogP) is 4.79. The highest BCUT2D eigenvalue weighted by atomic mass is 35.5. The SMILES string of the molecule is O=C(COc1cc(Cl)ccc1Cl)N(c1ccccc1)S(=O)(=O)c1ccccc1. The van der Waals surface area contributed by atoms with E-state index in [0.717, 1.165) is 4.31 Å². The lowest BCUT2D eigenvalue weighted by molar-refractivity contribution is -0.119. The first-order valence-electron chi connectivity index (χ1n) is 8.16. The second kappa shape index (κ2) is 8.65. The number of carbonyl (C=O) groups is 1. The van der Waals surface area contributed by atoms with Crippen LogP contribution in [0.15, 0.2) is 83.8 Å². The molecule has 3 aromatic carbocycles. The van der Waals surface area contributed by atoms with Crippen LogP contribution in [0.4, 0.5) is 5.69 Å². The van der Waals surface area contributed by atoms with E-state index in [2.05, 4.69) is 0 Å². The minimum atomic E-state index is -4.13. The van der Waals surface area contributed by atoms with Gasteiger partial charge in [-0.25, -0.2) is 8.42 Å². The fourth-order valence-electron chi connectivity index (χ4n) is 2.46. The summed E-state index contributed by atoms with van der Waals surface area (Å²) in [7, 11) is -4.13. The number of hydrogen-bond donors (Lipinski definition) is 0. The molecule has 144 valence electrons. The van der Waals surface area contributed by atoms with Gasteiger partial charge >= 0.3 is 0 Å². The molecular weight excluding hydrogens is 421 g/mol. The van der Waals surface area contributed by atoms with Gasteiger partial charge in [-0.05, 0) is 36.4 Å². The van der Waals surface area contributed by atoms with Crippen molar-refractivity contribution >= 4 is 44.8 Å². The first-order valence-corrected chi connectivity index (χ1v) is 10.4. The number of halogens is 2. The maximum atomic E-state index is 13.1. The summed E-state index contributed by atoms with van der Waals surface area (Å²) in [5.41, 5.74) is 0.206. The van der Waals surface area contributed by atoms with Crippen LogP contribution in [-0.4, -0.2) is 20.9 Å². The smallest absolute Gasteiger partial charge is 0.278 e. The highest BCUT2D eigenvalue weighted by molar-refractivity contribution is 7.93. The van der Waals surface area contributed by atoms with Gasteiger partial charge in [0.1, 0.15) is 5.75 Å². The summed E-state index contributed by atoms with van der Waals surface area (Å²) in [6.07, 6.45) is 0. The number of carbonyl (C=O) groups excluding carboxylic acids is 1. The summed E-state index contributed by atoms with van der Waals surface area (Å²) in [4.78, 5) is 12.9. The molecule has 5 nitrogen and oxygen atoms in total. The minimum absolute atomic E-state index is 0.00649. The molecule has 0 saturated carbocycles. The van der Waals surface area contributed by atoms with E-state index in [1.54, 1.807) is 42.5 Å². The highest BCUT2D eigenvalue weighted by Gasteiger charge is 2.31. The summed E-state index contributed by atoms with van der Waals surface area (Å²) >= 11 is 11.9. The van der Waals surface area contributed by atoms with E-state index < -0.39 is 22.5 Å². The van der Waals surface area contributed by atoms with E-state index in [0.29, 0.717) is 5.02 Å². The maximum absolute atomic E-state index is 13.1. The number of para-hydroxylation sites is 1. The normalized spacial score (nSPS) is 11.1. The number of ether oxygens (including phenoxy) is 1. The van der Waals surface area contributed by atoms with Gasteiger partial charge in [0.15, 0.2) is 6.61 Å². The summed E-state index contributed by atoms with van der Waals surface area (Å²) in [5.74, 6) is -0.585. The lowest BCUT2D eigenvalue weighted by Crippen LogP contribution is -2.40. The van der Waals surface area contributed by atoms with Gasteiger partial charge in [-0.15, -0.1) is 0 Å². The monoisotopic (exact) mass is 435 g/mol. The van der Waals surface area contributed by atoms with Crippen molar-refractivity contribution < 1.29 is 17.9 Å². The van der Waals surface area contributed by atoms with Gasteiger partial charge in [-0.3, -0.25) is 4.79 Å². The second-order valence-electron chi connectivity index (χ2n) is 5.68. The number of nitrogens with zero attached hydrogens (tertiary/aromatic N) is 1. The zero-order valence-corrected chi connectivity index (χ0v) is 16.8. The number of benzene rings is 3. The van der Waals surface area contributed by atoms with Gasteiger partial charge in [-0.2, -0.15) is 4.31 Å². The van der Waals surface area contributed by atoms with Gasteiger partial charge < -0.3 is 4.74 Å². The van der Waals surface area contributed by atoms with Crippen LogP contribution in [0, 0.1) is 0 Å². The van der Waals surface area contributed by atoms with Crippen LogP contribution in [0.5, 0.6) is 5.75 Å². The zero-order chi connectivity index (χ0) is 20.1. The molecule has 3 rings (SSSR count). The van der Waals surface area contributed by atoms with E-state index in [1.165, 1.54) is 36.4 Å². The highest BCUT2D eigenvalue weighted by Crippen LogP contribution is 2.28. The molecule has 3 aromatic rings. The van der Waals surface area contributed by atoms with Crippen molar-refractivity contribution in [2.75, 3.05) is 10.9 Å². The molecule has 0 spiro atoms. The number of sulfonamides is 1. The second-order valence-corrected chi connectivity index (χ2v) is 8.31. The van der Waals surface area contributed by atoms with Crippen LogP contribution in [0.25, 0.3) is 0 Å². The van der Waals surface area contributed by atoms with Crippen LogP contribution < -0.4 is 9.04 Å². The first kappa shape index (κ1) is 20.2. The Morgan fingerprint density at radius 1 is 0.893 bits per heavy atom. The molecular formula is C20H15Cl2NO4S. The largest absolute Gasteiger partial charge is 0.482 e. The van der Waals surface area contributed by atoms with E-state index >= 15 is 0 Å². The van der Waals surface area contributed by atoms with Crippen molar-refractivity contribution in [3.63, 3.8) is 0 Å². The zero-order valence-electron chi connectivity index (χ0n) is 14.5. The van der Waals surface area contributed by atoms with Crippen molar-refractivity contribution in [1.29, 1.82) is 0 Å². The summed E-state index contributed by atoms with van der Waals surface area (Å²) in [6, 6.07) is 20.3. The number of anilines is 1. The lowest BCUT2D eigenvalue weighted by atomic mass is 10.3. The number of amides is 1. The molecule has 0 aromatic heterocycles. The number of rotatable bonds is 6. The quantitative estimate of drug-likeness (QED) is 0.557. The van der Waals surface area contributed by atoms with E-state index in [1.807, 2.05) is 0 Å². The average molecular weight is 436 g/mol. The van der Waals surface area contributed by atoms with Crippen LogP contribution in [-0.2, 0) is 14.8 Å². The van der Waals surface area contributed by atoms with Crippen molar-refractivity contribution in [3.8, 4) is 5.75 Å². The van der Waals surface area contributed by atoms with Gasteiger partial charge in [-0.1, -0.05) is 59.6 Å². The maximum Gasteiger partial charge on any atom is 0.278 e. The number of hydrogen-bond acceptors (Lipinski definition) is 4. The van der Waals surface area contributed by atoms with Crippen molar-refractivity contribution in [2.45, 2.75) is 4.90 Å². The van der Waals surface area contributed by atoms with Crippen LogP contribution in [0.2, 0.25) is 10.0 Å². The van der Waals surface area contributed by atoms with Crippen LogP contribution in [0.1, 0.15) is 0 Å². The predicted molar refractivity (Wildman–Crippen MR) is 110 cm³/mol. The Morgan fingerprint density at radius 3 is 2.14 bits per heavy atom. The molecule has 0 saturated heterocycles. The summed E-state index contributed by atoms with van der Waals surface area (Å²) in [5, 5.41) is 0.637. The molecule has 8 heteroatoms. The van der Waals surface area contributed by atoms with Gasteiger partial charge in [0.25, 0.3) is 15.9 Å². The van der Waals surface area contributed by atoms with Crippen molar-refractivity contribution in [1.82, 2.24) is 0 Å². The Balaban J connectivity index is 1.93. The Kier molecular flexibility index (Phi) is 6.24. The van der Waals surface area contributed by atoms with Gasteiger partial charge in [0, 0.05) is 11.1 Å². The van der Waals surface area contributed by atoms with E-state index in [9.17, 15) is 13.2 Å².